The molecule has 3 heterocycles. The molecule has 0 spiro atoms. The topological polar surface area (TPSA) is 324 Å². The van der Waals surface area contributed by atoms with Crippen molar-refractivity contribution in [1.29, 1.82) is 0 Å². The van der Waals surface area contributed by atoms with Gasteiger partial charge >= 0.3 is 36.2 Å². The van der Waals surface area contributed by atoms with E-state index in [1.165, 1.54) is 10.9 Å². The highest BCUT2D eigenvalue weighted by atomic mass is 16.7. The maximum absolute atomic E-state index is 13.4. The van der Waals surface area contributed by atoms with Gasteiger partial charge in [0, 0.05) is 19.3 Å². The number of fused-ring (bicyclic) bond motifs is 1. The lowest BCUT2D eigenvalue weighted by atomic mass is 10.1. The molecule has 0 bridgehead atoms. The molecule has 4 atom stereocenters. The van der Waals surface area contributed by atoms with E-state index in [9.17, 15) is 43.2 Å². The van der Waals surface area contributed by atoms with Crippen molar-refractivity contribution >= 4 is 70.5 Å². The minimum atomic E-state index is -1.55. The molecule has 0 aromatic carbocycles. The molecule has 0 aliphatic carbocycles. The molecule has 1 aliphatic heterocycles. The monoisotopic (exact) mass is 906 g/mol. The van der Waals surface area contributed by atoms with Crippen molar-refractivity contribution in [3.05, 3.63) is 12.7 Å². The van der Waals surface area contributed by atoms with Crippen molar-refractivity contribution in [1.82, 2.24) is 35.5 Å². The van der Waals surface area contributed by atoms with E-state index in [4.69, 9.17) is 38.9 Å². The van der Waals surface area contributed by atoms with E-state index in [1.807, 2.05) is 0 Å². The summed E-state index contributed by atoms with van der Waals surface area (Å²) in [6.45, 7) is 12.8. The van der Waals surface area contributed by atoms with Crippen LogP contribution < -0.4 is 21.7 Å². The van der Waals surface area contributed by atoms with Gasteiger partial charge in [-0.25, -0.2) is 29.3 Å². The predicted molar refractivity (Wildman–Crippen MR) is 220 cm³/mol. The number of anilines is 1. The van der Waals surface area contributed by atoms with Gasteiger partial charge in [-0.2, -0.15) is 0 Å². The average Bonchev–Trinajstić information content (AvgIpc) is 3.74. The zero-order valence-corrected chi connectivity index (χ0v) is 37.4. The number of hydrogen-bond donors (Lipinski definition) is 4. The maximum Gasteiger partial charge on any atom is 0.408 e. The third-order valence-corrected chi connectivity index (χ3v) is 8.20. The number of aromatic nitrogens is 4. The summed E-state index contributed by atoms with van der Waals surface area (Å²) in [6, 6.07) is 0. The van der Waals surface area contributed by atoms with E-state index in [0.717, 1.165) is 6.33 Å². The Morgan fingerprint density at radius 1 is 0.609 bits per heavy atom. The molecular weight excluding hydrogens is 848 g/mol. The van der Waals surface area contributed by atoms with Crippen molar-refractivity contribution in [3.8, 4) is 0 Å². The first-order valence-electron chi connectivity index (χ1n) is 20.3. The Balaban J connectivity index is 1.81. The number of carbonyl (C=O) groups excluding carboxylic acids is 9. The summed E-state index contributed by atoms with van der Waals surface area (Å²) in [4.78, 5) is 126. The molecule has 24 nitrogen and oxygen atoms in total. The average molecular weight is 907 g/mol. The Bertz CT molecular complexity index is 2030. The molecule has 1 fully saturated rings. The van der Waals surface area contributed by atoms with Gasteiger partial charge < -0.3 is 54.8 Å². The number of rotatable bonds is 20. The molecule has 2 unspecified atom stereocenters. The minimum absolute atomic E-state index is 0.0103. The largest absolute Gasteiger partial charge is 0.463 e. The molecule has 64 heavy (non-hydrogen) atoms. The zero-order chi connectivity index (χ0) is 48.0. The van der Waals surface area contributed by atoms with Crippen molar-refractivity contribution in [3.63, 3.8) is 0 Å². The molecule has 3 amide bonds. The van der Waals surface area contributed by atoms with Crippen LogP contribution in [0.1, 0.15) is 107 Å². The van der Waals surface area contributed by atoms with Crippen LogP contribution in [0.5, 0.6) is 0 Å². The number of hydrogen-bond acceptors (Lipinski definition) is 20. The van der Waals surface area contributed by atoms with Crippen molar-refractivity contribution in [2.24, 2.45) is 0 Å². The predicted octanol–water partition coefficient (Wildman–Crippen LogP) is 2.29. The summed E-state index contributed by atoms with van der Waals surface area (Å²) in [7, 11) is 0. The first-order valence-corrected chi connectivity index (χ1v) is 20.3. The smallest absolute Gasteiger partial charge is 0.408 e. The van der Waals surface area contributed by atoms with Crippen LogP contribution in [-0.2, 0) is 61.9 Å². The number of esters is 3. The number of Topliss-reactive ketones (excluding diaryl/α,β-unsaturated/α-hetero) is 3. The van der Waals surface area contributed by atoms with E-state index in [1.54, 1.807) is 62.3 Å². The van der Waals surface area contributed by atoms with Crippen LogP contribution in [0.25, 0.3) is 11.2 Å². The van der Waals surface area contributed by atoms with E-state index < -0.39 is 147 Å². The molecule has 1 aliphatic rings. The van der Waals surface area contributed by atoms with Gasteiger partial charge in [0.1, 0.15) is 41.4 Å². The Morgan fingerprint density at radius 2 is 1.03 bits per heavy atom. The molecule has 24 heteroatoms. The first-order chi connectivity index (χ1) is 29.7. The molecule has 5 N–H and O–H groups in total. The van der Waals surface area contributed by atoms with Crippen LogP contribution in [0, 0.1) is 0 Å². The van der Waals surface area contributed by atoms with Crippen molar-refractivity contribution in [2.75, 3.05) is 32.0 Å². The Kier molecular flexibility index (Phi) is 18.5. The summed E-state index contributed by atoms with van der Waals surface area (Å²) in [5.41, 5.74) is 3.80. The minimum Gasteiger partial charge on any atom is -0.463 e. The second-order valence-corrected chi connectivity index (χ2v) is 17.4. The normalized spacial score (nSPS) is 17.4. The van der Waals surface area contributed by atoms with E-state index in [-0.39, 0.29) is 29.8 Å². The highest BCUT2D eigenvalue weighted by Crippen LogP contribution is 2.36. The van der Waals surface area contributed by atoms with Crippen LogP contribution in [-0.4, -0.2) is 134 Å². The lowest BCUT2D eigenvalue weighted by Gasteiger charge is -2.25. The van der Waals surface area contributed by atoms with Crippen molar-refractivity contribution in [2.45, 2.75) is 142 Å². The zero-order valence-electron chi connectivity index (χ0n) is 37.4. The summed E-state index contributed by atoms with van der Waals surface area (Å²) >= 11 is 0. The van der Waals surface area contributed by atoms with Gasteiger partial charge in [-0.3, -0.25) is 33.3 Å². The van der Waals surface area contributed by atoms with Gasteiger partial charge in [0.2, 0.25) is 0 Å². The number of nitrogens with one attached hydrogen (secondary N) is 3. The van der Waals surface area contributed by atoms with Crippen LogP contribution >= 0.6 is 0 Å². The lowest BCUT2D eigenvalue weighted by molar-refractivity contribution is -0.169. The Hall–Kier alpha value is -6.46. The standard InChI is InChI=1S/C40H58N8O16/c1-38(2,3)62-35(55)42-16-22(49)10-13-26(52)58-19-25-30(60-27(53)14-11-23(50)17-43-36(56)63-39(4,5)6)31(34(59-25)48-21-47-29-32(41)45-20-46-33(29)48)61-28(54)15-12-24(51)18-44-37(57)64-40(7,8)9/h20-21,25,30-31,34H,10-19H2,1-9H3,(H,42,55)(H,43,56)(H,44,57)(H2,41,45,46)/t25-,30?,31?,34-/m1/s1. The number of nitrogens with zero attached hydrogens (tertiary/aromatic N) is 4. The fourth-order valence-corrected chi connectivity index (χ4v) is 5.50. The van der Waals surface area contributed by atoms with E-state index in [0.29, 0.717) is 0 Å². The fourth-order valence-electron chi connectivity index (χ4n) is 5.50. The molecule has 0 radical (unpaired) electrons. The molecule has 0 saturated carbocycles. The summed E-state index contributed by atoms with van der Waals surface area (Å²) in [5.74, 6) is -4.46. The molecule has 354 valence electrons. The van der Waals surface area contributed by atoms with Crippen LogP contribution in [0.2, 0.25) is 0 Å². The number of carbonyl (C=O) groups is 9. The second kappa shape index (κ2) is 22.8. The SMILES string of the molecule is CC(C)(C)OC(=O)NCC(=O)CCC(=O)OC[C@H]1O[C@@H](n2cnc3c(N)ncnc32)C(OC(=O)CCC(=O)CNC(=O)OC(C)(C)C)C1OC(=O)CCC(=O)CNC(=O)OC(C)(C)C. The number of ketones is 3. The summed E-state index contributed by atoms with van der Waals surface area (Å²) < 4.78 is 39.9. The highest BCUT2D eigenvalue weighted by Gasteiger charge is 2.51. The number of alkyl carbamates (subject to hydrolysis) is 3. The lowest BCUT2D eigenvalue weighted by Crippen LogP contribution is -2.41. The van der Waals surface area contributed by atoms with Gasteiger partial charge in [-0.15, -0.1) is 0 Å². The van der Waals surface area contributed by atoms with Gasteiger partial charge in [-0.05, 0) is 62.3 Å². The van der Waals surface area contributed by atoms with Crippen LogP contribution in [0.15, 0.2) is 12.7 Å². The van der Waals surface area contributed by atoms with Crippen LogP contribution in [0.4, 0.5) is 20.2 Å². The third-order valence-electron chi connectivity index (χ3n) is 8.20. The Labute approximate surface area is 368 Å². The summed E-state index contributed by atoms with van der Waals surface area (Å²) in [6.07, 6.45) is -8.55. The number of amides is 3. The number of nitrogens with two attached hydrogens (primary N) is 1. The fraction of sp³-hybridized carbons (Fsp3) is 0.650. The van der Waals surface area contributed by atoms with Gasteiger partial charge in [0.15, 0.2) is 47.3 Å². The quantitative estimate of drug-likeness (QED) is 0.109. The highest BCUT2D eigenvalue weighted by molar-refractivity contribution is 5.88. The molecular formula is C40H58N8O16. The van der Waals surface area contributed by atoms with Gasteiger partial charge in [0.25, 0.3) is 0 Å². The number of ether oxygens (including phenoxy) is 7. The molecule has 3 rings (SSSR count). The first kappa shape index (κ1) is 51.9. The molecule has 1 saturated heterocycles. The number of nitrogen functional groups attached to an aromatic ring is 1. The Morgan fingerprint density at radius 3 is 1.47 bits per heavy atom. The molecule has 2 aromatic rings. The van der Waals surface area contributed by atoms with Crippen molar-refractivity contribution < 1.29 is 76.3 Å². The second-order valence-electron chi connectivity index (χ2n) is 17.4. The maximum atomic E-state index is 13.4. The molecule has 2 aromatic heterocycles. The third kappa shape index (κ3) is 18.5. The van der Waals surface area contributed by atoms with Crippen LogP contribution in [0.3, 0.4) is 0 Å². The number of imidazole rings is 1. The summed E-state index contributed by atoms with van der Waals surface area (Å²) in [5, 5.41) is 6.92. The van der Waals surface area contributed by atoms with Gasteiger partial charge in [-0.1, -0.05) is 0 Å². The van der Waals surface area contributed by atoms with Gasteiger partial charge in [0.05, 0.1) is 45.2 Å². The van der Waals surface area contributed by atoms with E-state index >= 15 is 0 Å². The van der Waals surface area contributed by atoms with E-state index in [2.05, 4.69) is 30.9 Å².